The van der Waals surface area contributed by atoms with Crippen LogP contribution in [0.15, 0.2) is 18.2 Å². The van der Waals surface area contributed by atoms with Crippen molar-refractivity contribution in [2.24, 2.45) is 5.92 Å². The van der Waals surface area contributed by atoms with Gasteiger partial charge in [0.2, 0.25) is 5.91 Å². The van der Waals surface area contributed by atoms with Crippen LogP contribution in [-0.4, -0.2) is 43.7 Å². The zero-order chi connectivity index (χ0) is 16.8. The Bertz CT molecular complexity index is 533. The minimum atomic E-state index is 0.173. The molecule has 0 unspecified atom stereocenters. The fraction of sp³-hybridized carbons (Fsp3) is 0.611. The molecule has 1 aliphatic rings. The maximum atomic E-state index is 11.5. The number of methoxy groups -OCH3 is 1. The minimum Gasteiger partial charge on any atom is -0.493 e. The molecule has 5 nitrogen and oxygen atoms in total. The minimum absolute atomic E-state index is 0.173. The second kappa shape index (κ2) is 8.20. The third kappa shape index (κ3) is 4.61. The summed E-state index contributed by atoms with van der Waals surface area (Å²) >= 11 is 0. The average Bonchev–Trinajstić information content (AvgIpc) is 2.54. The second-order valence-corrected chi connectivity index (χ2v) is 6.14. The summed E-state index contributed by atoms with van der Waals surface area (Å²) < 4.78 is 10.9. The van der Waals surface area contributed by atoms with Gasteiger partial charge in [-0.05, 0) is 37.0 Å². The number of ether oxygens (including phenoxy) is 2. The molecule has 0 aromatic heterocycles. The molecule has 1 aromatic rings. The first-order valence-corrected chi connectivity index (χ1v) is 8.33. The van der Waals surface area contributed by atoms with Crippen LogP contribution >= 0.6 is 0 Å². The van der Waals surface area contributed by atoms with E-state index < -0.39 is 0 Å². The number of benzene rings is 1. The van der Waals surface area contributed by atoms with E-state index >= 15 is 0 Å². The van der Waals surface area contributed by atoms with Gasteiger partial charge in [0.15, 0.2) is 11.5 Å². The van der Waals surface area contributed by atoms with Crippen molar-refractivity contribution in [3.05, 3.63) is 23.8 Å². The molecule has 1 aromatic carbocycles. The molecule has 0 aliphatic carbocycles. The maximum absolute atomic E-state index is 11.5. The molecule has 23 heavy (non-hydrogen) atoms. The number of rotatable bonds is 6. The normalized spacial score (nSPS) is 21.1. The molecule has 1 amide bonds. The van der Waals surface area contributed by atoms with Gasteiger partial charge in [0, 0.05) is 32.6 Å². The van der Waals surface area contributed by atoms with Crippen molar-refractivity contribution < 1.29 is 14.3 Å². The zero-order valence-electron chi connectivity index (χ0n) is 14.6. The Labute approximate surface area is 139 Å². The number of hydrogen-bond acceptors (Lipinski definition) is 4. The van der Waals surface area contributed by atoms with Crippen molar-refractivity contribution in [1.29, 1.82) is 0 Å². The van der Waals surface area contributed by atoms with E-state index in [4.69, 9.17) is 9.47 Å². The van der Waals surface area contributed by atoms with Crippen molar-refractivity contribution in [1.82, 2.24) is 10.2 Å². The van der Waals surface area contributed by atoms with Crippen LogP contribution in [0.1, 0.15) is 32.8 Å². The van der Waals surface area contributed by atoms with E-state index in [2.05, 4.69) is 18.3 Å². The highest BCUT2D eigenvalue weighted by Crippen LogP contribution is 2.28. The molecule has 0 spiro atoms. The molecule has 2 rings (SSSR count). The standard InChI is InChI=1S/C18H28N2O3/c1-5-23-18-10-15(6-7-17(18)22-4)11-19-16-8-9-20(14(3)21)12-13(16)2/h6-7,10,13,16,19H,5,8-9,11-12H2,1-4H3/t13-,16+/m0/s1. The first kappa shape index (κ1) is 17.6. The Morgan fingerprint density at radius 1 is 1.39 bits per heavy atom. The van der Waals surface area contributed by atoms with Gasteiger partial charge in [-0.3, -0.25) is 4.79 Å². The van der Waals surface area contributed by atoms with Crippen molar-refractivity contribution in [3.63, 3.8) is 0 Å². The molecule has 128 valence electrons. The van der Waals surface area contributed by atoms with E-state index in [1.165, 1.54) is 5.56 Å². The van der Waals surface area contributed by atoms with E-state index in [9.17, 15) is 4.79 Å². The summed E-state index contributed by atoms with van der Waals surface area (Å²) in [5, 5.41) is 3.62. The molecule has 1 fully saturated rings. The number of nitrogens with one attached hydrogen (secondary N) is 1. The summed E-state index contributed by atoms with van der Waals surface area (Å²) in [5.41, 5.74) is 1.18. The fourth-order valence-corrected chi connectivity index (χ4v) is 3.08. The summed E-state index contributed by atoms with van der Waals surface area (Å²) in [6.07, 6.45) is 0.995. The number of hydrogen-bond donors (Lipinski definition) is 1. The van der Waals surface area contributed by atoms with Gasteiger partial charge < -0.3 is 19.7 Å². The Hall–Kier alpha value is -1.75. The highest BCUT2D eigenvalue weighted by atomic mass is 16.5. The monoisotopic (exact) mass is 320 g/mol. The first-order chi connectivity index (χ1) is 11.0. The number of piperidine rings is 1. The lowest BCUT2D eigenvalue weighted by Gasteiger charge is -2.37. The van der Waals surface area contributed by atoms with Crippen LogP contribution in [0.25, 0.3) is 0 Å². The smallest absolute Gasteiger partial charge is 0.219 e. The van der Waals surface area contributed by atoms with E-state index in [0.717, 1.165) is 37.6 Å². The summed E-state index contributed by atoms with van der Waals surface area (Å²) in [6.45, 7) is 8.89. The van der Waals surface area contributed by atoms with Gasteiger partial charge in [0.1, 0.15) is 0 Å². The first-order valence-electron chi connectivity index (χ1n) is 8.33. The van der Waals surface area contributed by atoms with Gasteiger partial charge >= 0.3 is 0 Å². The van der Waals surface area contributed by atoms with E-state index in [1.54, 1.807) is 14.0 Å². The van der Waals surface area contributed by atoms with Gasteiger partial charge in [-0.2, -0.15) is 0 Å². The van der Waals surface area contributed by atoms with Crippen LogP contribution < -0.4 is 14.8 Å². The van der Waals surface area contributed by atoms with Gasteiger partial charge in [0.25, 0.3) is 0 Å². The second-order valence-electron chi connectivity index (χ2n) is 6.14. The molecule has 5 heteroatoms. The van der Waals surface area contributed by atoms with Crippen LogP contribution in [0.4, 0.5) is 0 Å². The lowest BCUT2D eigenvalue weighted by atomic mass is 9.93. The van der Waals surface area contributed by atoms with E-state index in [1.807, 2.05) is 24.0 Å². The van der Waals surface area contributed by atoms with Crippen molar-refractivity contribution in [2.75, 3.05) is 26.8 Å². The van der Waals surface area contributed by atoms with Crippen LogP contribution in [0.2, 0.25) is 0 Å². The molecule has 2 atom stereocenters. The average molecular weight is 320 g/mol. The van der Waals surface area contributed by atoms with Crippen molar-refractivity contribution in [3.8, 4) is 11.5 Å². The summed E-state index contributed by atoms with van der Waals surface area (Å²) in [6, 6.07) is 6.47. The predicted molar refractivity (Wildman–Crippen MR) is 90.8 cm³/mol. The van der Waals surface area contributed by atoms with Gasteiger partial charge in [-0.1, -0.05) is 13.0 Å². The summed E-state index contributed by atoms with van der Waals surface area (Å²) in [7, 11) is 1.65. The summed E-state index contributed by atoms with van der Waals surface area (Å²) in [4.78, 5) is 13.4. The topological polar surface area (TPSA) is 50.8 Å². The van der Waals surface area contributed by atoms with Crippen LogP contribution in [0, 0.1) is 5.92 Å². The highest BCUT2D eigenvalue weighted by Gasteiger charge is 2.26. The Kier molecular flexibility index (Phi) is 6.28. The number of carbonyl (C=O) groups excluding carboxylic acids is 1. The highest BCUT2D eigenvalue weighted by molar-refractivity contribution is 5.73. The lowest BCUT2D eigenvalue weighted by Crippen LogP contribution is -2.49. The van der Waals surface area contributed by atoms with Crippen LogP contribution in [0.3, 0.4) is 0 Å². The molecular formula is C18H28N2O3. The third-order valence-electron chi connectivity index (χ3n) is 4.45. The molecule has 0 radical (unpaired) electrons. The third-order valence-corrected chi connectivity index (χ3v) is 4.45. The summed E-state index contributed by atoms with van der Waals surface area (Å²) in [5.74, 6) is 2.18. The molecule has 0 bridgehead atoms. The van der Waals surface area contributed by atoms with Gasteiger partial charge in [-0.25, -0.2) is 0 Å². The Balaban J connectivity index is 1.93. The maximum Gasteiger partial charge on any atom is 0.219 e. The SMILES string of the molecule is CCOc1cc(CN[C@@H]2CCN(C(C)=O)C[C@@H]2C)ccc1OC. The lowest BCUT2D eigenvalue weighted by molar-refractivity contribution is -0.130. The molecular weight excluding hydrogens is 292 g/mol. The van der Waals surface area contributed by atoms with Crippen LogP contribution in [0.5, 0.6) is 11.5 Å². The predicted octanol–water partition coefficient (Wildman–Crippen LogP) is 2.44. The Morgan fingerprint density at radius 3 is 2.78 bits per heavy atom. The van der Waals surface area contributed by atoms with Crippen molar-refractivity contribution >= 4 is 5.91 Å². The van der Waals surface area contributed by atoms with E-state index in [0.29, 0.717) is 18.6 Å². The fourth-order valence-electron chi connectivity index (χ4n) is 3.08. The zero-order valence-corrected chi connectivity index (χ0v) is 14.6. The molecule has 1 N–H and O–H groups in total. The van der Waals surface area contributed by atoms with Crippen molar-refractivity contribution in [2.45, 2.75) is 39.8 Å². The quantitative estimate of drug-likeness (QED) is 0.875. The largest absolute Gasteiger partial charge is 0.493 e. The molecule has 1 saturated heterocycles. The van der Waals surface area contributed by atoms with Gasteiger partial charge in [-0.15, -0.1) is 0 Å². The van der Waals surface area contributed by atoms with Gasteiger partial charge in [0.05, 0.1) is 13.7 Å². The Morgan fingerprint density at radius 2 is 2.17 bits per heavy atom. The molecule has 1 heterocycles. The number of carbonyl (C=O) groups is 1. The number of likely N-dealkylation sites (tertiary alicyclic amines) is 1. The van der Waals surface area contributed by atoms with E-state index in [-0.39, 0.29) is 5.91 Å². The van der Waals surface area contributed by atoms with Crippen LogP contribution in [-0.2, 0) is 11.3 Å². The number of nitrogens with zero attached hydrogens (tertiary/aromatic N) is 1. The number of amides is 1. The molecule has 1 aliphatic heterocycles. The molecule has 0 saturated carbocycles.